The van der Waals surface area contributed by atoms with Gasteiger partial charge in [-0.15, -0.1) is 0 Å². The van der Waals surface area contributed by atoms with Crippen LogP contribution in [0.4, 0.5) is 0 Å². The molecule has 6 heteroatoms. The highest BCUT2D eigenvalue weighted by atomic mass is 16.7. The van der Waals surface area contributed by atoms with Crippen LogP contribution >= 0.6 is 0 Å². The molecule has 0 spiro atoms. The third-order valence-corrected chi connectivity index (χ3v) is 5.88. The number of likely N-dealkylation sites (tertiary alicyclic amines) is 1. The first-order valence-corrected chi connectivity index (χ1v) is 8.82. The van der Waals surface area contributed by atoms with E-state index in [1.807, 2.05) is 19.2 Å². The van der Waals surface area contributed by atoms with E-state index in [1.54, 1.807) is 0 Å². The van der Waals surface area contributed by atoms with Crippen molar-refractivity contribution in [3.63, 3.8) is 0 Å². The lowest BCUT2D eigenvalue weighted by Gasteiger charge is -2.23. The van der Waals surface area contributed by atoms with Crippen molar-refractivity contribution >= 4 is 5.96 Å². The van der Waals surface area contributed by atoms with Crippen LogP contribution in [0.25, 0.3) is 0 Å². The summed E-state index contributed by atoms with van der Waals surface area (Å²) in [6.07, 6.45) is 3.43. The monoisotopic (exact) mass is 329 g/mol. The van der Waals surface area contributed by atoms with Gasteiger partial charge in [0.15, 0.2) is 17.5 Å². The third kappa shape index (κ3) is 2.16. The Labute approximate surface area is 141 Å². The minimum atomic E-state index is 0.305. The number of nitrogens with one attached hydrogen (secondary N) is 1. The molecule has 0 aliphatic carbocycles. The summed E-state index contributed by atoms with van der Waals surface area (Å²) in [7, 11) is 1.86. The lowest BCUT2D eigenvalue weighted by Crippen LogP contribution is -2.41. The van der Waals surface area contributed by atoms with Gasteiger partial charge in [-0.25, -0.2) is 0 Å². The van der Waals surface area contributed by atoms with Crippen molar-refractivity contribution in [3.05, 3.63) is 23.8 Å². The molecule has 4 heterocycles. The van der Waals surface area contributed by atoms with Crippen molar-refractivity contribution in [2.75, 3.05) is 26.9 Å². The van der Waals surface area contributed by atoms with Crippen molar-refractivity contribution < 1.29 is 14.2 Å². The Balaban J connectivity index is 1.26. The molecule has 1 N–H and O–H groups in total. The lowest BCUT2D eigenvalue weighted by molar-refractivity contribution is 0.0767. The Morgan fingerprint density at radius 1 is 1.21 bits per heavy atom. The second kappa shape index (κ2) is 5.55. The molecule has 0 amide bonds. The minimum Gasteiger partial charge on any atom is -0.454 e. The maximum absolute atomic E-state index is 6.06. The average molecular weight is 329 g/mol. The molecule has 1 aromatic carbocycles. The van der Waals surface area contributed by atoms with Gasteiger partial charge < -0.3 is 24.4 Å². The van der Waals surface area contributed by atoms with Gasteiger partial charge in [-0.05, 0) is 18.9 Å². The Kier molecular flexibility index (Phi) is 3.33. The molecule has 128 valence electrons. The van der Waals surface area contributed by atoms with E-state index < -0.39 is 0 Å². The van der Waals surface area contributed by atoms with Crippen molar-refractivity contribution in [3.8, 4) is 11.5 Å². The summed E-state index contributed by atoms with van der Waals surface area (Å²) in [5.41, 5.74) is 1.11. The number of ether oxygens (including phenoxy) is 3. The standard InChI is InChI=1S/C18H23N3O3/c1-19-18(20-7-11-3-2-4-16-17(11)23-10-22-16)21-8-12-13(9-21)15-6-5-14(12)24-15/h2-4,12-15H,5-10H2,1H3,(H,19,20). The lowest BCUT2D eigenvalue weighted by atomic mass is 9.82. The number of hydrogen-bond donors (Lipinski definition) is 1. The van der Waals surface area contributed by atoms with Crippen LogP contribution in [0.15, 0.2) is 23.2 Å². The number of aliphatic imine (C=N–C) groups is 1. The second-order valence-corrected chi connectivity index (χ2v) is 7.07. The van der Waals surface area contributed by atoms with Gasteiger partial charge in [-0.3, -0.25) is 4.99 Å². The highest BCUT2D eigenvalue weighted by Crippen LogP contribution is 2.47. The van der Waals surface area contributed by atoms with E-state index in [9.17, 15) is 0 Å². The highest BCUT2D eigenvalue weighted by molar-refractivity contribution is 5.80. The number of nitrogens with zero attached hydrogens (tertiary/aromatic N) is 2. The van der Waals surface area contributed by atoms with E-state index in [0.717, 1.165) is 36.1 Å². The zero-order chi connectivity index (χ0) is 16.1. The average Bonchev–Trinajstić information content (AvgIpc) is 3.35. The van der Waals surface area contributed by atoms with Crippen molar-refractivity contribution in [1.82, 2.24) is 10.2 Å². The van der Waals surface area contributed by atoms with Gasteiger partial charge in [0, 0.05) is 44.1 Å². The van der Waals surface area contributed by atoms with Gasteiger partial charge in [-0.2, -0.15) is 0 Å². The molecule has 3 fully saturated rings. The molecule has 0 aromatic heterocycles. The number of benzene rings is 1. The highest BCUT2D eigenvalue weighted by Gasteiger charge is 2.53. The summed E-state index contributed by atoms with van der Waals surface area (Å²) in [5.74, 6) is 4.01. The Morgan fingerprint density at radius 3 is 2.75 bits per heavy atom. The maximum Gasteiger partial charge on any atom is 0.231 e. The molecular formula is C18H23N3O3. The second-order valence-electron chi connectivity index (χ2n) is 7.07. The summed E-state index contributed by atoms with van der Waals surface area (Å²) in [4.78, 5) is 6.89. The zero-order valence-electron chi connectivity index (χ0n) is 13.9. The summed E-state index contributed by atoms with van der Waals surface area (Å²) in [6.45, 7) is 3.10. The summed E-state index contributed by atoms with van der Waals surface area (Å²) >= 11 is 0. The predicted molar refractivity (Wildman–Crippen MR) is 89.2 cm³/mol. The van der Waals surface area contributed by atoms with E-state index in [-0.39, 0.29) is 0 Å². The molecular weight excluding hydrogens is 306 g/mol. The van der Waals surface area contributed by atoms with Gasteiger partial charge in [0.1, 0.15) is 0 Å². The zero-order valence-corrected chi connectivity index (χ0v) is 13.9. The molecule has 2 bridgehead atoms. The topological polar surface area (TPSA) is 55.3 Å². The Hall–Kier alpha value is -1.95. The van der Waals surface area contributed by atoms with Crippen LogP contribution in [-0.2, 0) is 11.3 Å². The van der Waals surface area contributed by atoms with Crippen LogP contribution in [0.3, 0.4) is 0 Å². The summed E-state index contributed by atoms with van der Waals surface area (Å²) in [6, 6.07) is 6.02. The van der Waals surface area contributed by atoms with Crippen molar-refractivity contribution in [2.24, 2.45) is 16.8 Å². The van der Waals surface area contributed by atoms with E-state index in [2.05, 4.69) is 21.3 Å². The largest absolute Gasteiger partial charge is 0.454 e. The third-order valence-electron chi connectivity index (χ3n) is 5.88. The van der Waals surface area contributed by atoms with Crippen LogP contribution < -0.4 is 14.8 Å². The number of guanidine groups is 1. The Morgan fingerprint density at radius 2 is 2.00 bits per heavy atom. The van der Waals surface area contributed by atoms with Gasteiger partial charge in [-0.1, -0.05) is 12.1 Å². The summed E-state index contributed by atoms with van der Waals surface area (Å²) in [5, 5.41) is 3.50. The van der Waals surface area contributed by atoms with E-state index in [1.165, 1.54) is 12.8 Å². The number of fused-ring (bicyclic) bond motifs is 6. The van der Waals surface area contributed by atoms with E-state index >= 15 is 0 Å². The Bertz CT molecular complexity index is 659. The summed E-state index contributed by atoms with van der Waals surface area (Å²) < 4.78 is 17.1. The van der Waals surface area contributed by atoms with Crippen LogP contribution in [-0.4, -0.2) is 50.0 Å². The number of hydrogen-bond acceptors (Lipinski definition) is 4. The first-order valence-electron chi connectivity index (χ1n) is 8.82. The van der Waals surface area contributed by atoms with Crippen LogP contribution in [0.2, 0.25) is 0 Å². The van der Waals surface area contributed by atoms with Gasteiger partial charge in [0.2, 0.25) is 6.79 Å². The first-order chi connectivity index (χ1) is 11.8. The maximum atomic E-state index is 6.06. The van der Waals surface area contributed by atoms with Crippen molar-refractivity contribution in [2.45, 2.75) is 31.6 Å². The minimum absolute atomic E-state index is 0.305. The van der Waals surface area contributed by atoms with Crippen LogP contribution in [0.1, 0.15) is 18.4 Å². The molecule has 4 atom stereocenters. The molecule has 6 nitrogen and oxygen atoms in total. The molecule has 3 saturated heterocycles. The van der Waals surface area contributed by atoms with Gasteiger partial charge >= 0.3 is 0 Å². The van der Waals surface area contributed by atoms with E-state index in [0.29, 0.717) is 37.4 Å². The fourth-order valence-electron chi connectivity index (χ4n) is 4.77. The molecule has 1 aromatic rings. The molecule has 5 rings (SSSR count). The molecule has 0 radical (unpaired) electrons. The molecule has 4 unspecified atom stereocenters. The fourth-order valence-corrected chi connectivity index (χ4v) is 4.77. The van der Waals surface area contributed by atoms with Crippen molar-refractivity contribution in [1.29, 1.82) is 0 Å². The van der Waals surface area contributed by atoms with Crippen LogP contribution in [0.5, 0.6) is 11.5 Å². The number of rotatable bonds is 2. The normalized spacial score (nSPS) is 33.2. The molecule has 24 heavy (non-hydrogen) atoms. The van der Waals surface area contributed by atoms with Gasteiger partial charge in [0.25, 0.3) is 0 Å². The van der Waals surface area contributed by atoms with E-state index in [4.69, 9.17) is 14.2 Å². The van der Waals surface area contributed by atoms with Crippen LogP contribution in [0, 0.1) is 11.8 Å². The molecule has 4 aliphatic heterocycles. The van der Waals surface area contributed by atoms with Gasteiger partial charge in [0.05, 0.1) is 12.2 Å². The molecule has 4 aliphatic rings. The quantitative estimate of drug-likeness (QED) is 0.660. The molecule has 0 saturated carbocycles. The smallest absolute Gasteiger partial charge is 0.231 e. The predicted octanol–water partition coefficient (Wildman–Crippen LogP) is 1.60. The fraction of sp³-hybridized carbons (Fsp3) is 0.611. The number of para-hydroxylation sites is 1. The SMILES string of the molecule is CN=C(NCc1cccc2c1OCO2)N1CC2C3CCC(O3)C2C1. The first kappa shape index (κ1) is 14.4.